The molecule has 8 nitrogen and oxygen atoms in total. The Labute approximate surface area is 132 Å². The topological polar surface area (TPSA) is 96.2 Å². The van der Waals surface area contributed by atoms with Crippen LogP contribution in [0, 0.1) is 5.92 Å². The van der Waals surface area contributed by atoms with E-state index in [0.717, 1.165) is 0 Å². The highest BCUT2D eigenvalue weighted by Crippen LogP contribution is 2.16. The van der Waals surface area contributed by atoms with Crippen molar-refractivity contribution >= 4 is 11.2 Å². The number of fused-ring (bicyclic) bond motifs is 1. The molecular formula is C15H18N4O4. The van der Waals surface area contributed by atoms with Crippen LogP contribution in [0.4, 0.5) is 0 Å². The van der Waals surface area contributed by atoms with Crippen molar-refractivity contribution in [3.63, 3.8) is 0 Å². The third-order valence-electron chi connectivity index (χ3n) is 3.24. The minimum absolute atomic E-state index is 0.104. The second-order valence-corrected chi connectivity index (χ2v) is 5.69. The molecule has 8 heteroatoms. The molecule has 122 valence electrons. The summed E-state index contributed by atoms with van der Waals surface area (Å²) in [6.07, 6.45) is 1.32. The first-order valence-electron chi connectivity index (χ1n) is 7.43. The number of pyridine rings is 1. The van der Waals surface area contributed by atoms with Gasteiger partial charge in [0.25, 0.3) is 0 Å². The maximum absolute atomic E-state index is 11.9. The Morgan fingerprint density at radius 3 is 2.96 bits per heavy atom. The van der Waals surface area contributed by atoms with E-state index < -0.39 is 5.76 Å². The molecule has 3 heterocycles. The summed E-state index contributed by atoms with van der Waals surface area (Å²) >= 11 is 0. The van der Waals surface area contributed by atoms with Crippen molar-refractivity contribution in [2.24, 2.45) is 5.92 Å². The standard InChI is InChI=1S/C15H18N4O4/c1-9(2)8-21-10(3)13-17-12(23-18-13)7-19-14-11(22-15(19)20)5-4-6-16-14/h4-6,9-10H,7-8H2,1-3H3. The van der Waals surface area contributed by atoms with Gasteiger partial charge in [0, 0.05) is 12.8 Å². The van der Waals surface area contributed by atoms with E-state index in [-0.39, 0.29) is 12.6 Å². The van der Waals surface area contributed by atoms with Gasteiger partial charge < -0.3 is 13.7 Å². The second-order valence-electron chi connectivity index (χ2n) is 5.69. The van der Waals surface area contributed by atoms with Crippen LogP contribution in [0.3, 0.4) is 0 Å². The summed E-state index contributed by atoms with van der Waals surface area (Å²) in [6, 6.07) is 3.38. The number of hydrogen-bond donors (Lipinski definition) is 0. The van der Waals surface area contributed by atoms with Crippen LogP contribution < -0.4 is 5.76 Å². The molecule has 0 aliphatic rings. The van der Waals surface area contributed by atoms with Crippen molar-refractivity contribution in [2.45, 2.75) is 33.4 Å². The molecule has 0 bridgehead atoms. The van der Waals surface area contributed by atoms with E-state index in [9.17, 15) is 4.79 Å². The first-order chi connectivity index (χ1) is 11.0. The Bertz CT molecular complexity index is 848. The molecule has 23 heavy (non-hydrogen) atoms. The van der Waals surface area contributed by atoms with Gasteiger partial charge in [-0.15, -0.1) is 0 Å². The summed E-state index contributed by atoms with van der Waals surface area (Å²) < 4.78 is 17.3. The Morgan fingerprint density at radius 2 is 2.17 bits per heavy atom. The number of aromatic nitrogens is 4. The minimum atomic E-state index is -0.512. The molecule has 1 atom stereocenters. The fourth-order valence-electron chi connectivity index (χ4n) is 2.08. The molecule has 0 radical (unpaired) electrons. The van der Waals surface area contributed by atoms with Gasteiger partial charge in [0.2, 0.25) is 5.89 Å². The largest absolute Gasteiger partial charge is 0.421 e. The molecular weight excluding hydrogens is 300 g/mol. The summed E-state index contributed by atoms with van der Waals surface area (Å²) in [7, 11) is 0. The minimum Gasteiger partial charge on any atom is -0.406 e. The number of ether oxygens (including phenoxy) is 1. The molecule has 0 saturated carbocycles. The van der Waals surface area contributed by atoms with E-state index in [1.165, 1.54) is 4.57 Å². The van der Waals surface area contributed by atoms with Crippen molar-refractivity contribution in [3.05, 3.63) is 40.6 Å². The zero-order valence-electron chi connectivity index (χ0n) is 13.2. The van der Waals surface area contributed by atoms with Crippen LogP contribution in [-0.4, -0.2) is 26.3 Å². The molecule has 0 aliphatic carbocycles. The average molecular weight is 318 g/mol. The van der Waals surface area contributed by atoms with Crippen molar-refractivity contribution in [2.75, 3.05) is 6.61 Å². The molecule has 3 aromatic rings. The molecule has 0 spiro atoms. The molecule has 0 fully saturated rings. The lowest BCUT2D eigenvalue weighted by atomic mass is 10.2. The van der Waals surface area contributed by atoms with Gasteiger partial charge in [-0.05, 0) is 25.0 Å². The smallest absolute Gasteiger partial charge is 0.406 e. The van der Waals surface area contributed by atoms with Gasteiger partial charge in [0.1, 0.15) is 12.6 Å². The monoisotopic (exact) mass is 318 g/mol. The Balaban J connectivity index is 1.78. The number of rotatable bonds is 6. The van der Waals surface area contributed by atoms with E-state index in [0.29, 0.717) is 35.5 Å². The van der Waals surface area contributed by atoms with E-state index >= 15 is 0 Å². The Hall–Kier alpha value is -2.48. The maximum Gasteiger partial charge on any atom is 0.421 e. The summed E-state index contributed by atoms with van der Waals surface area (Å²) in [5.41, 5.74) is 0.868. The summed E-state index contributed by atoms with van der Waals surface area (Å²) in [5, 5.41) is 3.91. The summed E-state index contributed by atoms with van der Waals surface area (Å²) in [5.74, 6) is 0.665. The van der Waals surface area contributed by atoms with E-state index in [1.54, 1.807) is 18.3 Å². The third kappa shape index (κ3) is 3.31. The van der Waals surface area contributed by atoms with Gasteiger partial charge in [-0.3, -0.25) is 0 Å². The van der Waals surface area contributed by atoms with Gasteiger partial charge in [0.15, 0.2) is 17.1 Å². The molecule has 3 aromatic heterocycles. The van der Waals surface area contributed by atoms with Crippen molar-refractivity contribution in [1.82, 2.24) is 19.7 Å². The molecule has 1 unspecified atom stereocenters. The van der Waals surface area contributed by atoms with E-state index in [4.69, 9.17) is 13.7 Å². The van der Waals surface area contributed by atoms with Crippen LogP contribution in [0.25, 0.3) is 11.2 Å². The van der Waals surface area contributed by atoms with Gasteiger partial charge in [-0.2, -0.15) is 4.98 Å². The van der Waals surface area contributed by atoms with Gasteiger partial charge in [-0.25, -0.2) is 14.3 Å². The summed E-state index contributed by atoms with van der Waals surface area (Å²) in [4.78, 5) is 20.3. The van der Waals surface area contributed by atoms with E-state index in [2.05, 4.69) is 29.0 Å². The Kier molecular flexibility index (Phi) is 4.24. The zero-order chi connectivity index (χ0) is 16.4. The lowest BCUT2D eigenvalue weighted by Gasteiger charge is -2.10. The summed E-state index contributed by atoms with van der Waals surface area (Å²) in [6.45, 7) is 6.71. The highest BCUT2D eigenvalue weighted by atomic mass is 16.5. The fourth-order valence-corrected chi connectivity index (χ4v) is 2.08. The van der Waals surface area contributed by atoms with Crippen molar-refractivity contribution < 1.29 is 13.7 Å². The average Bonchev–Trinajstić information content (AvgIpc) is 3.11. The predicted octanol–water partition coefficient (Wildman–Crippen LogP) is 2.15. The quantitative estimate of drug-likeness (QED) is 0.687. The normalized spacial score (nSPS) is 13.0. The van der Waals surface area contributed by atoms with Crippen LogP contribution in [-0.2, 0) is 11.3 Å². The van der Waals surface area contributed by atoms with E-state index in [1.807, 2.05) is 6.92 Å². The van der Waals surface area contributed by atoms with Crippen LogP contribution in [0.15, 0.2) is 32.1 Å². The van der Waals surface area contributed by atoms with Crippen LogP contribution in [0.2, 0.25) is 0 Å². The number of hydrogen-bond acceptors (Lipinski definition) is 7. The SMILES string of the molecule is CC(C)COC(C)c1noc(Cn2c(=O)oc3cccnc32)n1. The number of nitrogens with zero attached hydrogens (tertiary/aromatic N) is 4. The van der Waals surface area contributed by atoms with Crippen molar-refractivity contribution in [3.8, 4) is 0 Å². The van der Waals surface area contributed by atoms with Crippen LogP contribution in [0.5, 0.6) is 0 Å². The molecule has 3 rings (SSSR count). The Morgan fingerprint density at radius 1 is 1.35 bits per heavy atom. The maximum atomic E-state index is 11.9. The molecule has 0 N–H and O–H groups in total. The van der Waals surface area contributed by atoms with Crippen LogP contribution >= 0.6 is 0 Å². The molecule has 0 amide bonds. The molecule has 0 aliphatic heterocycles. The highest BCUT2D eigenvalue weighted by molar-refractivity contribution is 5.67. The van der Waals surface area contributed by atoms with Crippen LogP contribution in [0.1, 0.15) is 38.6 Å². The fraction of sp³-hybridized carbons (Fsp3) is 0.467. The zero-order valence-corrected chi connectivity index (χ0v) is 13.2. The predicted molar refractivity (Wildman–Crippen MR) is 80.9 cm³/mol. The van der Waals surface area contributed by atoms with Crippen molar-refractivity contribution in [1.29, 1.82) is 0 Å². The lowest BCUT2D eigenvalue weighted by Crippen LogP contribution is -2.15. The molecule has 0 aromatic carbocycles. The first kappa shape index (κ1) is 15.4. The first-order valence-corrected chi connectivity index (χ1v) is 7.43. The second kappa shape index (κ2) is 6.33. The van der Waals surface area contributed by atoms with Gasteiger partial charge in [0.05, 0.1) is 0 Å². The number of oxazole rings is 1. The lowest BCUT2D eigenvalue weighted by molar-refractivity contribution is 0.0402. The highest BCUT2D eigenvalue weighted by Gasteiger charge is 2.17. The third-order valence-corrected chi connectivity index (χ3v) is 3.24. The van der Waals surface area contributed by atoms with Gasteiger partial charge in [-0.1, -0.05) is 19.0 Å². The molecule has 0 saturated heterocycles. The van der Waals surface area contributed by atoms with Gasteiger partial charge >= 0.3 is 5.76 Å².